The average molecular weight is 541 g/mol. The lowest BCUT2D eigenvalue weighted by atomic mass is 10.1. The summed E-state index contributed by atoms with van der Waals surface area (Å²) in [6.45, 7) is 9.55. The molecule has 31 heavy (non-hydrogen) atoms. The number of carbonyl (C=O) groups is 2. The Hall–Kier alpha value is -1.68. The van der Waals surface area contributed by atoms with Crippen molar-refractivity contribution in [1.29, 1.82) is 0 Å². The number of fused-ring (bicyclic) bond motifs is 1. The highest BCUT2D eigenvalue weighted by atomic mass is 127. The smallest absolute Gasteiger partial charge is 0.261 e. The summed E-state index contributed by atoms with van der Waals surface area (Å²) in [6.07, 6.45) is 4.11. The molecule has 7 nitrogen and oxygen atoms in total. The molecular formula is C23H36IN5O2. The average Bonchev–Trinajstić information content (AvgIpc) is 3.30. The Bertz CT molecular complexity index is 750. The normalized spacial score (nSPS) is 18.9. The molecule has 1 aromatic carbocycles. The van der Waals surface area contributed by atoms with Gasteiger partial charge in [0.05, 0.1) is 11.1 Å². The number of unbranched alkanes of at least 4 members (excludes halogenated alkanes) is 1. The Balaban J connectivity index is 0.00000341. The molecule has 0 radical (unpaired) electrons. The lowest BCUT2D eigenvalue weighted by Crippen LogP contribution is -2.46. The first kappa shape index (κ1) is 25.6. The number of benzene rings is 1. The SMILES string of the molecule is CCNC(=NCCCCN1C(=O)c2ccccc2C1=O)N(C)CC1CCCN1CC.I. The monoisotopic (exact) mass is 541 g/mol. The zero-order valence-electron chi connectivity index (χ0n) is 19.0. The van der Waals surface area contributed by atoms with Gasteiger partial charge in [-0.2, -0.15) is 0 Å². The molecule has 1 atom stereocenters. The summed E-state index contributed by atoms with van der Waals surface area (Å²) in [7, 11) is 2.10. The number of nitrogens with zero attached hydrogens (tertiary/aromatic N) is 4. The van der Waals surface area contributed by atoms with Crippen LogP contribution in [0.1, 0.15) is 60.2 Å². The van der Waals surface area contributed by atoms with Crippen molar-refractivity contribution >= 4 is 41.8 Å². The van der Waals surface area contributed by atoms with Gasteiger partial charge in [-0.3, -0.25) is 24.4 Å². The second kappa shape index (κ2) is 12.4. The number of likely N-dealkylation sites (N-methyl/N-ethyl adjacent to an activating group) is 2. The van der Waals surface area contributed by atoms with Gasteiger partial charge < -0.3 is 10.2 Å². The van der Waals surface area contributed by atoms with Crippen LogP contribution in [0, 0.1) is 0 Å². The number of hydrogen-bond acceptors (Lipinski definition) is 4. The number of aliphatic imine (C=N–C) groups is 1. The predicted molar refractivity (Wildman–Crippen MR) is 135 cm³/mol. The first-order valence-electron chi connectivity index (χ1n) is 11.3. The number of carbonyl (C=O) groups excluding carboxylic acids is 2. The molecule has 1 saturated heterocycles. The van der Waals surface area contributed by atoms with Gasteiger partial charge in [0.2, 0.25) is 0 Å². The maximum absolute atomic E-state index is 12.4. The molecule has 1 aromatic rings. The summed E-state index contributed by atoms with van der Waals surface area (Å²) in [6, 6.07) is 7.64. The molecule has 0 saturated carbocycles. The molecule has 1 fully saturated rings. The summed E-state index contributed by atoms with van der Waals surface area (Å²) >= 11 is 0. The van der Waals surface area contributed by atoms with Gasteiger partial charge in [0.25, 0.3) is 11.8 Å². The van der Waals surface area contributed by atoms with Crippen LogP contribution in [0.15, 0.2) is 29.3 Å². The number of imide groups is 1. The van der Waals surface area contributed by atoms with Crippen LogP contribution < -0.4 is 5.32 Å². The summed E-state index contributed by atoms with van der Waals surface area (Å²) in [5.74, 6) is 0.578. The summed E-state index contributed by atoms with van der Waals surface area (Å²) < 4.78 is 0. The molecule has 3 rings (SSSR count). The Morgan fingerprint density at radius 2 is 1.84 bits per heavy atom. The molecule has 0 aliphatic carbocycles. The first-order valence-corrected chi connectivity index (χ1v) is 11.3. The maximum atomic E-state index is 12.4. The number of amides is 2. The minimum absolute atomic E-state index is 0. The first-order chi connectivity index (χ1) is 14.6. The second-order valence-electron chi connectivity index (χ2n) is 8.06. The fourth-order valence-corrected chi connectivity index (χ4v) is 4.40. The van der Waals surface area contributed by atoms with E-state index in [2.05, 4.69) is 36.0 Å². The quantitative estimate of drug-likeness (QED) is 0.171. The van der Waals surface area contributed by atoms with Crippen molar-refractivity contribution in [1.82, 2.24) is 20.0 Å². The maximum Gasteiger partial charge on any atom is 0.261 e. The molecular weight excluding hydrogens is 505 g/mol. The van der Waals surface area contributed by atoms with Crippen LogP contribution in [0.3, 0.4) is 0 Å². The van der Waals surface area contributed by atoms with Crippen molar-refractivity contribution in [2.24, 2.45) is 4.99 Å². The third kappa shape index (κ3) is 6.19. The van der Waals surface area contributed by atoms with Gasteiger partial charge in [-0.15, -0.1) is 24.0 Å². The number of guanidine groups is 1. The third-order valence-electron chi connectivity index (χ3n) is 6.02. The van der Waals surface area contributed by atoms with Crippen molar-refractivity contribution in [3.63, 3.8) is 0 Å². The highest BCUT2D eigenvalue weighted by Gasteiger charge is 2.34. The van der Waals surface area contributed by atoms with Gasteiger partial charge in [-0.05, 0) is 57.8 Å². The Labute approximate surface area is 203 Å². The van der Waals surface area contributed by atoms with Gasteiger partial charge in [0.15, 0.2) is 5.96 Å². The van der Waals surface area contributed by atoms with Crippen LogP contribution in [0.4, 0.5) is 0 Å². The minimum Gasteiger partial charge on any atom is -0.357 e. The van der Waals surface area contributed by atoms with E-state index in [0.717, 1.165) is 38.4 Å². The number of hydrogen-bond donors (Lipinski definition) is 1. The minimum atomic E-state index is -0.177. The van der Waals surface area contributed by atoms with Crippen LogP contribution in [0.25, 0.3) is 0 Å². The van der Waals surface area contributed by atoms with Gasteiger partial charge >= 0.3 is 0 Å². The number of likely N-dealkylation sites (tertiary alicyclic amines) is 1. The summed E-state index contributed by atoms with van der Waals surface area (Å²) in [5.41, 5.74) is 1.04. The lowest BCUT2D eigenvalue weighted by molar-refractivity contribution is 0.0652. The van der Waals surface area contributed by atoms with Gasteiger partial charge in [-0.1, -0.05) is 19.1 Å². The Morgan fingerprint density at radius 1 is 1.16 bits per heavy atom. The van der Waals surface area contributed by atoms with Crippen LogP contribution >= 0.6 is 24.0 Å². The van der Waals surface area contributed by atoms with E-state index in [1.54, 1.807) is 24.3 Å². The Kier molecular flexibility index (Phi) is 10.2. The molecule has 0 bridgehead atoms. The van der Waals surface area contributed by atoms with E-state index in [9.17, 15) is 9.59 Å². The molecule has 0 spiro atoms. The predicted octanol–water partition coefficient (Wildman–Crippen LogP) is 3.06. The van der Waals surface area contributed by atoms with Crippen molar-refractivity contribution in [3.8, 4) is 0 Å². The van der Waals surface area contributed by atoms with Crippen molar-refractivity contribution in [2.75, 3.05) is 46.3 Å². The zero-order chi connectivity index (χ0) is 21.5. The van der Waals surface area contributed by atoms with Crippen LogP contribution in [0.5, 0.6) is 0 Å². The Morgan fingerprint density at radius 3 is 2.45 bits per heavy atom. The van der Waals surface area contributed by atoms with Gasteiger partial charge in [-0.25, -0.2) is 0 Å². The van der Waals surface area contributed by atoms with E-state index in [1.165, 1.54) is 24.3 Å². The largest absolute Gasteiger partial charge is 0.357 e. The molecule has 2 aliphatic rings. The standard InChI is InChI=1S/C23H35N5O2.HI/c1-4-24-23(26(3)17-18-11-10-15-27(18)5-2)25-14-8-9-16-28-21(29)19-12-6-7-13-20(19)22(28)30;/h6-7,12-13,18H,4-5,8-11,14-17H2,1-3H3,(H,24,25);1H. The summed E-state index contributed by atoms with van der Waals surface area (Å²) in [4.78, 5) is 35.8. The van der Waals surface area contributed by atoms with E-state index < -0.39 is 0 Å². The molecule has 1 N–H and O–H groups in total. The second-order valence-corrected chi connectivity index (χ2v) is 8.06. The number of nitrogens with one attached hydrogen (secondary N) is 1. The molecule has 2 aliphatic heterocycles. The van der Waals surface area contributed by atoms with E-state index in [1.807, 2.05) is 0 Å². The van der Waals surface area contributed by atoms with E-state index >= 15 is 0 Å². The molecule has 0 aromatic heterocycles. The fourth-order valence-electron chi connectivity index (χ4n) is 4.40. The highest BCUT2D eigenvalue weighted by Crippen LogP contribution is 2.22. The zero-order valence-corrected chi connectivity index (χ0v) is 21.3. The van der Waals surface area contributed by atoms with Crippen molar-refractivity contribution in [2.45, 2.75) is 45.6 Å². The molecule has 8 heteroatoms. The highest BCUT2D eigenvalue weighted by molar-refractivity contribution is 14.0. The van der Waals surface area contributed by atoms with Crippen LogP contribution in [-0.4, -0.2) is 84.8 Å². The van der Waals surface area contributed by atoms with E-state index in [0.29, 0.717) is 30.3 Å². The van der Waals surface area contributed by atoms with Crippen LogP contribution in [-0.2, 0) is 0 Å². The van der Waals surface area contributed by atoms with Crippen molar-refractivity contribution < 1.29 is 9.59 Å². The van der Waals surface area contributed by atoms with Crippen LogP contribution in [0.2, 0.25) is 0 Å². The molecule has 2 amide bonds. The molecule has 2 heterocycles. The van der Waals surface area contributed by atoms with Gasteiger partial charge in [0, 0.05) is 39.3 Å². The fraction of sp³-hybridized carbons (Fsp3) is 0.609. The lowest BCUT2D eigenvalue weighted by Gasteiger charge is -2.29. The summed E-state index contributed by atoms with van der Waals surface area (Å²) in [5, 5.41) is 3.39. The molecule has 1 unspecified atom stereocenters. The van der Waals surface area contributed by atoms with Crippen molar-refractivity contribution in [3.05, 3.63) is 35.4 Å². The molecule has 172 valence electrons. The number of halogens is 1. The number of rotatable bonds is 9. The van der Waals surface area contributed by atoms with Gasteiger partial charge in [0.1, 0.15) is 0 Å². The third-order valence-corrected chi connectivity index (χ3v) is 6.02. The van der Waals surface area contributed by atoms with E-state index in [4.69, 9.17) is 4.99 Å². The van der Waals surface area contributed by atoms with E-state index in [-0.39, 0.29) is 35.8 Å². The topological polar surface area (TPSA) is 68.2 Å².